The fraction of sp³-hybridized carbons (Fsp3) is 0.400. The van der Waals surface area contributed by atoms with Gasteiger partial charge >= 0.3 is 0 Å². The molecule has 1 aliphatic heterocycles. The molecule has 4 rings (SSSR count). The van der Waals surface area contributed by atoms with Crippen molar-refractivity contribution >= 4 is 25.8 Å². The predicted molar refractivity (Wildman–Crippen MR) is 163 cm³/mol. The van der Waals surface area contributed by atoms with Gasteiger partial charge in [-0.15, -0.1) is 0 Å². The number of aryl methyl sites for hydroxylation is 1. The topological polar surface area (TPSA) is 155 Å². The van der Waals surface area contributed by atoms with Crippen LogP contribution in [0.25, 0.3) is 0 Å². The molecule has 1 aromatic carbocycles. The normalized spacial score (nSPS) is 21.7. The van der Waals surface area contributed by atoms with Crippen molar-refractivity contribution in [1.29, 1.82) is 0 Å². The number of ether oxygens (including phenoxy) is 3. The Morgan fingerprint density at radius 3 is 2.58 bits per heavy atom. The summed E-state index contributed by atoms with van der Waals surface area (Å²) in [6.45, 7) is 6.27. The molecule has 0 saturated carbocycles. The molecule has 232 valence electrons. The van der Waals surface area contributed by atoms with Crippen molar-refractivity contribution < 1.29 is 35.8 Å². The molecular weight excluding hydrogens is 594 g/mol. The number of hydrogen-bond donors (Lipinski definition) is 1. The highest BCUT2D eigenvalue weighted by Crippen LogP contribution is 2.31. The molecule has 0 bridgehead atoms. The standard InChI is InChI=1S/C30H37N3O8S2/c1-21-9-12-25(40-26-13-10-23(11-14-26)24-19-30(34)33(31)43(37,38)20-24)7-4-5-8-27(21)41-28-15-16-29(32-22(28)2)39-17-6-18-42(3,35)36/h4-5,8,10-11,13-16,24-25H,1,6-7,9,12,17-20,31H2,2-3H3/b5-4-,27-8?/t24?,25-/m0/s1. The molecule has 11 nitrogen and oxygen atoms in total. The number of benzene rings is 1. The lowest BCUT2D eigenvalue weighted by Crippen LogP contribution is -2.49. The Morgan fingerprint density at radius 1 is 1.16 bits per heavy atom. The Hall–Kier alpha value is -3.68. The molecule has 1 amide bonds. The molecule has 2 aliphatic rings. The van der Waals surface area contributed by atoms with Crippen LogP contribution in [0.4, 0.5) is 0 Å². The van der Waals surface area contributed by atoms with Crippen molar-refractivity contribution in [3.05, 3.63) is 83.8 Å². The largest absolute Gasteiger partial charge is 0.490 e. The number of allylic oxidation sites excluding steroid dienone is 3. The van der Waals surface area contributed by atoms with Gasteiger partial charge in [0.15, 0.2) is 0 Å². The summed E-state index contributed by atoms with van der Waals surface area (Å²) >= 11 is 0. The van der Waals surface area contributed by atoms with Crippen LogP contribution < -0.4 is 20.1 Å². The van der Waals surface area contributed by atoms with Crippen LogP contribution in [0, 0.1) is 6.92 Å². The molecule has 2 atom stereocenters. The average Bonchev–Trinajstić information content (AvgIpc) is 3.02. The van der Waals surface area contributed by atoms with E-state index in [4.69, 9.17) is 20.1 Å². The minimum absolute atomic E-state index is 0.0314. The van der Waals surface area contributed by atoms with Crippen LogP contribution in [0.3, 0.4) is 0 Å². The number of sulfonamides is 1. The minimum Gasteiger partial charge on any atom is -0.490 e. The lowest BCUT2D eigenvalue weighted by atomic mass is 9.97. The minimum atomic E-state index is -3.82. The summed E-state index contributed by atoms with van der Waals surface area (Å²) in [5, 5.41) is 0. The summed E-state index contributed by atoms with van der Waals surface area (Å²) in [7, 11) is -6.85. The molecule has 2 heterocycles. The highest BCUT2D eigenvalue weighted by molar-refractivity contribution is 7.90. The van der Waals surface area contributed by atoms with Crippen molar-refractivity contribution in [2.75, 3.05) is 24.4 Å². The first kappa shape index (κ1) is 32.2. The number of sulfone groups is 1. The molecule has 1 unspecified atom stereocenters. The number of amides is 1. The van der Waals surface area contributed by atoms with Gasteiger partial charge in [-0.25, -0.2) is 27.7 Å². The number of pyridine rings is 1. The van der Waals surface area contributed by atoms with Gasteiger partial charge in [0.25, 0.3) is 15.9 Å². The number of nitrogens with zero attached hydrogens (tertiary/aromatic N) is 2. The number of carbonyl (C=O) groups excluding carboxylic acids is 1. The van der Waals surface area contributed by atoms with Crippen LogP contribution in [-0.4, -0.2) is 62.6 Å². The molecule has 0 spiro atoms. The first-order chi connectivity index (χ1) is 20.3. The lowest BCUT2D eigenvalue weighted by molar-refractivity contribution is -0.127. The average molecular weight is 632 g/mol. The van der Waals surface area contributed by atoms with E-state index in [1.807, 2.05) is 18.2 Å². The second-order valence-corrected chi connectivity index (χ2v) is 14.8. The first-order valence-corrected chi connectivity index (χ1v) is 17.6. The Labute approximate surface area is 253 Å². The molecule has 0 radical (unpaired) electrons. The van der Waals surface area contributed by atoms with Crippen LogP contribution in [0.2, 0.25) is 0 Å². The van der Waals surface area contributed by atoms with Gasteiger partial charge in [-0.2, -0.15) is 4.41 Å². The molecular formula is C30H37N3O8S2. The third kappa shape index (κ3) is 9.15. The summed E-state index contributed by atoms with van der Waals surface area (Å²) in [5.74, 6) is 6.35. The van der Waals surface area contributed by atoms with E-state index >= 15 is 0 Å². The van der Waals surface area contributed by atoms with Crippen LogP contribution in [0.5, 0.6) is 17.4 Å². The molecule has 1 aliphatic carbocycles. The number of aromatic nitrogens is 1. The zero-order valence-electron chi connectivity index (χ0n) is 24.3. The van der Waals surface area contributed by atoms with Gasteiger partial charge in [-0.3, -0.25) is 4.79 Å². The maximum absolute atomic E-state index is 12.2. The maximum Gasteiger partial charge on any atom is 0.251 e. The smallest absolute Gasteiger partial charge is 0.251 e. The van der Waals surface area contributed by atoms with Crippen LogP contribution >= 0.6 is 0 Å². The molecule has 13 heteroatoms. The SMILES string of the molecule is C=C1CC[C@@H](Oc2ccc(C3CC(=O)N(N)S(=O)(=O)C3)cc2)C/C=C\C=C1Oc1ccc(OCCCS(C)(=O)=O)nc1C. The monoisotopic (exact) mass is 631 g/mol. The molecule has 2 N–H and O–H groups in total. The quantitative estimate of drug-likeness (QED) is 0.233. The van der Waals surface area contributed by atoms with E-state index < -0.39 is 31.7 Å². The molecule has 1 fully saturated rings. The van der Waals surface area contributed by atoms with E-state index in [2.05, 4.69) is 11.6 Å². The zero-order valence-corrected chi connectivity index (χ0v) is 25.9. The first-order valence-electron chi connectivity index (χ1n) is 13.9. The van der Waals surface area contributed by atoms with E-state index in [0.29, 0.717) is 58.9 Å². The third-order valence-corrected chi connectivity index (χ3v) is 9.73. The molecule has 43 heavy (non-hydrogen) atoms. The van der Waals surface area contributed by atoms with Crippen molar-refractivity contribution in [3.8, 4) is 17.4 Å². The van der Waals surface area contributed by atoms with Gasteiger partial charge in [-0.1, -0.05) is 30.9 Å². The van der Waals surface area contributed by atoms with Crippen LogP contribution in [-0.2, 0) is 24.7 Å². The van der Waals surface area contributed by atoms with Gasteiger partial charge in [0.05, 0.1) is 23.8 Å². The van der Waals surface area contributed by atoms with Gasteiger partial charge in [-0.05, 0) is 61.6 Å². The van der Waals surface area contributed by atoms with Crippen molar-refractivity contribution in [1.82, 2.24) is 9.40 Å². The summed E-state index contributed by atoms with van der Waals surface area (Å²) in [4.78, 5) is 16.4. The van der Waals surface area contributed by atoms with Crippen LogP contribution in [0.15, 0.2) is 72.5 Å². The van der Waals surface area contributed by atoms with E-state index in [0.717, 1.165) is 11.1 Å². The summed E-state index contributed by atoms with van der Waals surface area (Å²) < 4.78 is 65.2. The second kappa shape index (κ2) is 13.7. The molecule has 1 aromatic heterocycles. The Morgan fingerprint density at radius 2 is 1.91 bits per heavy atom. The third-order valence-electron chi connectivity index (χ3n) is 7.07. The van der Waals surface area contributed by atoms with E-state index in [1.165, 1.54) is 6.26 Å². The van der Waals surface area contributed by atoms with Crippen molar-refractivity contribution in [2.45, 2.75) is 51.0 Å². The van der Waals surface area contributed by atoms with Gasteiger partial charge in [0, 0.05) is 31.1 Å². The van der Waals surface area contributed by atoms with Gasteiger partial charge in [0.2, 0.25) is 5.88 Å². The number of nitrogens with two attached hydrogens (primary N) is 1. The number of carbonyl (C=O) groups is 1. The fourth-order valence-corrected chi connectivity index (χ4v) is 6.70. The number of hydrazine groups is 1. The van der Waals surface area contributed by atoms with E-state index in [9.17, 15) is 21.6 Å². The summed E-state index contributed by atoms with van der Waals surface area (Å²) in [5.41, 5.74) is 2.16. The maximum atomic E-state index is 12.2. The molecule has 2 aromatic rings. The summed E-state index contributed by atoms with van der Waals surface area (Å²) in [6.07, 6.45) is 9.21. The van der Waals surface area contributed by atoms with Crippen LogP contribution in [0.1, 0.15) is 49.3 Å². The Bertz CT molecular complexity index is 1620. The highest BCUT2D eigenvalue weighted by atomic mass is 32.2. The van der Waals surface area contributed by atoms with Crippen molar-refractivity contribution in [3.63, 3.8) is 0 Å². The van der Waals surface area contributed by atoms with Crippen molar-refractivity contribution in [2.24, 2.45) is 5.84 Å². The zero-order chi connectivity index (χ0) is 31.2. The Kier molecular flexibility index (Phi) is 10.3. The highest BCUT2D eigenvalue weighted by Gasteiger charge is 2.36. The van der Waals surface area contributed by atoms with Gasteiger partial charge < -0.3 is 14.2 Å². The summed E-state index contributed by atoms with van der Waals surface area (Å²) in [6, 6.07) is 10.6. The van der Waals surface area contributed by atoms with E-state index in [-0.39, 0.29) is 30.6 Å². The fourth-order valence-electron chi connectivity index (χ4n) is 4.70. The van der Waals surface area contributed by atoms with Gasteiger partial charge in [0.1, 0.15) is 33.2 Å². The molecule has 1 saturated heterocycles. The lowest BCUT2D eigenvalue weighted by Gasteiger charge is -2.28. The number of rotatable bonds is 10. The predicted octanol–water partition coefficient (Wildman–Crippen LogP) is 3.73. The second-order valence-electron chi connectivity index (χ2n) is 10.7. The van der Waals surface area contributed by atoms with E-state index in [1.54, 1.807) is 43.3 Å². The number of hydrogen-bond acceptors (Lipinski definition) is 10. The Balaban J connectivity index is 1.31.